The van der Waals surface area contributed by atoms with Crippen molar-refractivity contribution < 1.29 is 9.53 Å². The maximum atomic E-state index is 12.4. The number of aryl methyl sites for hydroxylation is 2. The first kappa shape index (κ1) is 19.6. The van der Waals surface area contributed by atoms with E-state index in [1.807, 2.05) is 19.9 Å². The molecule has 3 aromatic rings. The summed E-state index contributed by atoms with van der Waals surface area (Å²) in [6, 6.07) is 5.40. The largest absolute Gasteiger partial charge is 0.383 e. The second-order valence-corrected chi connectivity index (χ2v) is 7.06. The Hall–Kier alpha value is -2.15. The van der Waals surface area contributed by atoms with E-state index in [2.05, 4.69) is 15.4 Å². The number of ether oxygens (including phenoxy) is 1. The summed E-state index contributed by atoms with van der Waals surface area (Å²) in [6.45, 7) is 4.74. The average Bonchev–Trinajstić information content (AvgIpc) is 3.05. The van der Waals surface area contributed by atoms with Gasteiger partial charge in [-0.1, -0.05) is 23.2 Å². The monoisotopic (exact) mass is 406 g/mol. The molecule has 1 amide bonds. The highest BCUT2D eigenvalue weighted by Gasteiger charge is 2.18. The zero-order valence-corrected chi connectivity index (χ0v) is 16.9. The van der Waals surface area contributed by atoms with Crippen LogP contribution in [0.5, 0.6) is 0 Å². The van der Waals surface area contributed by atoms with Crippen molar-refractivity contribution in [3.05, 3.63) is 62.5 Å². The van der Waals surface area contributed by atoms with Gasteiger partial charge >= 0.3 is 0 Å². The molecule has 3 rings (SSSR count). The first-order valence-corrected chi connectivity index (χ1v) is 9.22. The van der Waals surface area contributed by atoms with Gasteiger partial charge in [0.05, 0.1) is 12.8 Å². The maximum Gasteiger partial charge on any atom is 0.256 e. The predicted octanol–water partition coefficient (Wildman–Crippen LogP) is 3.62. The van der Waals surface area contributed by atoms with Crippen molar-refractivity contribution in [1.29, 1.82) is 0 Å². The van der Waals surface area contributed by atoms with Gasteiger partial charge in [-0.15, -0.1) is 0 Å². The molecule has 0 fully saturated rings. The average molecular weight is 407 g/mol. The van der Waals surface area contributed by atoms with Crippen molar-refractivity contribution in [2.45, 2.75) is 20.3 Å². The lowest BCUT2D eigenvalue weighted by Crippen LogP contribution is -2.27. The van der Waals surface area contributed by atoms with E-state index < -0.39 is 0 Å². The summed E-state index contributed by atoms with van der Waals surface area (Å²) in [4.78, 5) is 17.0. The lowest BCUT2D eigenvalue weighted by atomic mass is 10.0. The van der Waals surface area contributed by atoms with Crippen molar-refractivity contribution in [3.63, 3.8) is 0 Å². The summed E-state index contributed by atoms with van der Waals surface area (Å²) >= 11 is 12.4. The maximum absolute atomic E-state index is 12.4. The minimum atomic E-state index is -0.223. The molecule has 0 atom stereocenters. The molecule has 1 N–H and O–H groups in total. The van der Waals surface area contributed by atoms with Crippen LogP contribution in [0.1, 0.15) is 32.9 Å². The van der Waals surface area contributed by atoms with Gasteiger partial charge in [-0.2, -0.15) is 5.10 Å². The van der Waals surface area contributed by atoms with Crippen molar-refractivity contribution >= 4 is 34.8 Å². The van der Waals surface area contributed by atoms with E-state index in [9.17, 15) is 4.79 Å². The third kappa shape index (κ3) is 4.08. The minimum Gasteiger partial charge on any atom is -0.383 e. The van der Waals surface area contributed by atoms with Crippen LogP contribution < -0.4 is 5.32 Å². The van der Waals surface area contributed by atoms with Gasteiger partial charge in [0.25, 0.3) is 5.91 Å². The molecule has 0 aliphatic carbocycles. The summed E-state index contributed by atoms with van der Waals surface area (Å²) < 4.78 is 6.64. The second-order valence-electron chi connectivity index (χ2n) is 6.22. The molecule has 0 aliphatic rings. The Labute approximate surface area is 167 Å². The molecule has 0 saturated heterocycles. The molecule has 1 aromatic carbocycles. The molecular weight excluding hydrogens is 387 g/mol. The van der Waals surface area contributed by atoms with Crippen LogP contribution in [-0.4, -0.2) is 40.8 Å². The fourth-order valence-corrected chi connectivity index (χ4v) is 3.34. The van der Waals surface area contributed by atoms with E-state index in [0.717, 1.165) is 22.5 Å². The number of hydrogen-bond donors (Lipinski definition) is 1. The highest BCUT2D eigenvalue weighted by molar-refractivity contribution is 6.33. The highest BCUT2D eigenvalue weighted by atomic mass is 35.5. The molecule has 2 aromatic heterocycles. The lowest BCUT2D eigenvalue weighted by Gasteiger charge is -2.13. The molecule has 0 radical (unpaired) electrons. The van der Waals surface area contributed by atoms with Gasteiger partial charge in [-0.25, -0.2) is 9.50 Å². The highest BCUT2D eigenvalue weighted by Crippen LogP contribution is 2.26. The van der Waals surface area contributed by atoms with Crippen LogP contribution in [0.15, 0.2) is 24.4 Å². The van der Waals surface area contributed by atoms with Crippen molar-refractivity contribution in [2.75, 3.05) is 20.3 Å². The van der Waals surface area contributed by atoms with Crippen LogP contribution in [0.3, 0.4) is 0 Å². The molecule has 0 spiro atoms. The smallest absolute Gasteiger partial charge is 0.256 e. The molecule has 8 heteroatoms. The Bertz CT molecular complexity index is 1000. The third-order valence-corrected chi connectivity index (χ3v) is 5.02. The van der Waals surface area contributed by atoms with Gasteiger partial charge in [0, 0.05) is 41.5 Å². The van der Waals surface area contributed by atoms with E-state index >= 15 is 0 Å². The normalized spacial score (nSPS) is 11.1. The van der Waals surface area contributed by atoms with Crippen LogP contribution in [-0.2, 0) is 11.2 Å². The topological polar surface area (TPSA) is 68.5 Å². The summed E-state index contributed by atoms with van der Waals surface area (Å²) in [5.41, 5.74) is 4.61. The summed E-state index contributed by atoms with van der Waals surface area (Å²) in [5.74, 6) is -0.223. The molecule has 0 bridgehead atoms. The van der Waals surface area contributed by atoms with E-state index in [1.54, 1.807) is 23.8 Å². The number of carbonyl (C=O) groups is 1. The molecular formula is C19H20Cl2N4O2. The van der Waals surface area contributed by atoms with Crippen LogP contribution in [0.2, 0.25) is 10.0 Å². The molecule has 0 aliphatic heterocycles. The zero-order chi connectivity index (χ0) is 19.6. The van der Waals surface area contributed by atoms with E-state index in [-0.39, 0.29) is 5.91 Å². The quantitative estimate of drug-likeness (QED) is 0.634. The number of benzene rings is 1. The lowest BCUT2D eigenvalue weighted by molar-refractivity contribution is 0.0938. The van der Waals surface area contributed by atoms with E-state index in [4.69, 9.17) is 27.9 Å². The number of methoxy groups -OCH3 is 1. The van der Waals surface area contributed by atoms with E-state index in [0.29, 0.717) is 40.8 Å². The van der Waals surface area contributed by atoms with Crippen LogP contribution >= 0.6 is 23.2 Å². The Balaban J connectivity index is 1.97. The van der Waals surface area contributed by atoms with Crippen molar-refractivity contribution in [3.8, 4) is 0 Å². The summed E-state index contributed by atoms with van der Waals surface area (Å²) in [6.07, 6.45) is 2.11. The summed E-state index contributed by atoms with van der Waals surface area (Å²) in [5, 5.41) is 8.43. The number of nitrogens with zero attached hydrogens (tertiary/aromatic N) is 3. The van der Waals surface area contributed by atoms with Gasteiger partial charge in [0.2, 0.25) is 0 Å². The Morgan fingerprint density at radius 2 is 2.07 bits per heavy atom. The molecule has 6 nitrogen and oxygen atoms in total. The second kappa shape index (κ2) is 8.25. The number of amides is 1. The first-order chi connectivity index (χ1) is 12.9. The first-order valence-electron chi connectivity index (χ1n) is 8.47. The number of fused-ring (bicyclic) bond motifs is 1. The van der Waals surface area contributed by atoms with Crippen LogP contribution in [0, 0.1) is 13.8 Å². The number of nitrogens with one attached hydrogen (secondary N) is 1. The van der Waals surface area contributed by atoms with Gasteiger partial charge in [0.15, 0.2) is 5.65 Å². The third-order valence-electron chi connectivity index (χ3n) is 4.42. The van der Waals surface area contributed by atoms with Crippen LogP contribution in [0.4, 0.5) is 0 Å². The number of rotatable bonds is 6. The van der Waals surface area contributed by atoms with Gasteiger partial charge in [0.1, 0.15) is 5.56 Å². The van der Waals surface area contributed by atoms with Crippen LogP contribution in [0.25, 0.3) is 5.65 Å². The molecule has 0 unspecified atom stereocenters. The van der Waals surface area contributed by atoms with Gasteiger partial charge < -0.3 is 10.1 Å². The summed E-state index contributed by atoms with van der Waals surface area (Å²) in [7, 11) is 1.59. The molecule has 142 valence electrons. The number of carbonyl (C=O) groups excluding carboxylic acids is 1. The van der Waals surface area contributed by atoms with Gasteiger partial charge in [-0.05, 0) is 43.2 Å². The Morgan fingerprint density at radius 3 is 2.81 bits per heavy atom. The molecule has 2 heterocycles. The fraction of sp³-hybridized carbons (Fsp3) is 0.316. The van der Waals surface area contributed by atoms with Gasteiger partial charge in [-0.3, -0.25) is 4.79 Å². The Kier molecular flexibility index (Phi) is 5.99. The number of hydrogen-bond acceptors (Lipinski definition) is 4. The van der Waals surface area contributed by atoms with Crippen molar-refractivity contribution in [1.82, 2.24) is 19.9 Å². The standard InChI is InChI=1S/C19H20Cl2N4O2/c1-11-15(9-13-8-14(20)4-5-17(13)21)12(2)25-18(24-11)16(10-23-25)19(26)22-6-7-27-3/h4-5,8,10H,6-7,9H2,1-3H3,(H,22,26). The number of halogens is 2. The number of aromatic nitrogens is 3. The van der Waals surface area contributed by atoms with E-state index in [1.165, 1.54) is 6.20 Å². The SMILES string of the molecule is COCCNC(=O)c1cnn2c(C)c(Cc3cc(Cl)ccc3Cl)c(C)nc12. The molecule has 27 heavy (non-hydrogen) atoms. The minimum absolute atomic E-state index is 0.223. The predicted molar refractivity (Wildman–Crippen MR) is 106 cm³/mol. The fourth-order valence-electron chi connectivity index (χ4n) is 2.96. The molecule has 0 saturated carbocycles. The Morgan fingerprint density at radius 1 is 1.30 bits per heavy atom. The van der Waals surface area contributed by atoms with Crippen molar-refractivity contribution in [2.24, 2.45) is 0 Å². The zero-order valence-electron chi connectivity index (χ0n) is 15.3.